The second kappa shape index (κ2) is 4.09. The van der Waals surface area contributed by atoms with Crippen molar-refractivity contribution in [1.29, 1.82) is 0 Å². The highest BCUT2D eigenvalue weighted by molar-refractivity contribution is 5.53. The van der Waals surface area contributed by atoms with Crippen LogP contribution < -0.4 is 14.8 Å². The number of ether oxygens (including phenoxy) is 2. The highest BCUT2D eigenvalue weighted by Crippen LogP contribution is 2.44. The molecule has 2 aliphatic heterocycles. The van der Waals surface area contributed by atoms with Crippen molar-refractivity contribution in [2.24, 2.45) is 0 Å². The van der Waals surface area contributed by atoms with Gasteiger partial charge in [-0.25, -0.2) is 8.78 Å². The summed E-state index contributed by atoms with van der Waals surface area (Å²) in [6.07, 6.45) is 1.99. The summed E-state index contributed by atoms with van der Waals surface area (Å²) in [5, 5.41) is 3.30. The number of benzene rings is 1. The van der Waals surface area contributed by atoms with Crippen LogP contribution in [0.25, 0.3) is 0 Å². The van der Waals surface area contributed by atoms with E-state index in [0.29, 0.717) is 11.5 Å². The largest absolute Gasteiger partial charge is 0.454 e. The maximum absolute atomic E-state index is 13.5. The summed E-state index contributed by atoms with van der Waals surface area (Å²) < 4.78 is 37.6. The van der Waals surface area contributed by atoms with E-state index in [2.05, 4.69) is 5.32 Å². The lowest BCUT2D eigenvalue weighted by Gasteiger charge is -2.17. The molecule has 0 amide bonds. The summed E-state index contributed by atoms with van der Waals surface area (Å²) in [5.41, 5.74) is 0.773. The second-order valence-electron chi connectivity index (χ2n) is 4.84. The smallest absolute Gasteiger partial charge is 0.270 e. The van der Waals surface area contributed by atoms with E-state index >= 15 is 0 Å². The summed E-state index contributed by atoms with van der Waals surface area (Å²) in [7, 11) is 0. The van der Waals surface area contributed by atoms with Crippen molar-refractivity contribution in [3.8, 4) is 11.5 Å². The first-order valence-corrected chi connectivity index (χ1v) is 6.11. The van der Waals surface area contributed by atoms with Gasteiger partial charge in [-0.05, 0) is 31.5 Å². The predicted molar refractivity (Wildman–Crippen MR) is 62.1 cm³/mol. The van der Waals surface area contributed by atoms with E-state index in [4.69, 9.17) is 9.47 Å². The van der Waals surface area contributed by atoms with Crippen LogP contribution in [0.5, 0.6) is 11.5 Å². The van der Waals surface area contributed by atoms with Gasteiger partial charge in [-0.15, -0.1) is 0 Å². The van der Waals surface area contributed by atoms with Crippen LogP contribution in [-0.4, -0.2) is 13.3 Å². The fourth-order valence-corrected chi connectivity index (χ4v) is 2.50. The molecule has 98 valence electrons. The lowest BCUT2D eigenvalue weighted by atomic mass is 9.98. The van der Waals surface area contributed by atoms with Crippen LogP contribution in [0.15, 0.2) is 12.1 Å². The first-order chi connectivity index (χ1) is 8.55. The van der Waals surface area contributed by atoms with Gasteiger partial charge < -0.3 is 14.8 Å². The van der Waals surface area contributed by atoms with Gasteiger partial charge in [0.05, 0.1) is 0 Å². The molecule has 1 aromatic rings. The van der Waals surface area contributed by atoms with E-state index in [1.165, 1.54) is 12.1 Å². The van der Waals surface area contributed by atoms with E-state index in [9.17, 15) is 8.78 Å². The van der Waals surface area contributed by atoms with Crippen LogP contribution in [0.2, 0.25) is 0 Å². The maximum Gasteiger partial charge on any atom is 0.270 e. The van der Waals surface area contributed by atoms with Gasteiger partial charge in [0.15, 0.2) is 11.5 Å². The fraction of sp³-hybridized carbons (Fsp3) is 0.538. The molecule has 18 heavy (non-hydrogen) atoms. The average molecular weight is 255 g/mol. The molecule has 0 aliphatic carbocycles. The van der Waals surface area contributed by atoms with E-state index in [1.807, 2.05) is 0 Å². The number of alkyl halides is 2. The highest BCUT2D eigenvalue weighted by atomic mass is 19.3. The van der Waals surface area contributed by atoms with Crippen LogP contribution in [0.1, 0.15) is 36.9 Å². The quantitative estimate of drug-likeness (QED) is 0.881. The molecular weight excluding hydrogens is 240 g/mol. The summed E-state index contributed by atoms with van der Waals surface area (Å²) in [6, 6.07) is 3.00. The zero-order valence-corrected chi connectivity index (χ0v) is 10.1. The number of hydrogen-bond donors (Lipinski definition) is 1. The molecule has 3 nitrogen and oxygen atoms in total. The van der Waals surface area contributed by atoms with Crippen molar-refractivity contribution in [1.82, 2.24) is 5.32 Å². The highest BCUT2D eigenvalue weighted by Gasteiger charge is 2.32. The number of halogens is 2. The molecule has 3 rings (SSSR count). The van der Waals surface area contributed by atoms with Crippen molar-refractivity contribution in [2.45, 2.75) is 31.7 Å². The summed E-state index contributed by atoms with van der Waals surface area (Å²) in [4.78, 5) is 0. The third-order valence-electron chi connectivity index (χ3n) is 3.44. The first kappa shape index (κ1) is 11.7. The Labute approximate surface area is 104 Å². The van der Waals surface area contributed by atoms with Crippen molar-refractivity contribution in [3.63, 3.8) is 0 Å². The molecule has 2 aliphatic rings. The Morgan fingerprint density at radius 3 is 2.83 bits per heavy atom. The lowest BCUT2D eigenvalue weighted by molar-refractivity contribution is 0.0172. The van der Waals surface area contributed by atoms with Crippen LogP contribution >= 0.6 is 0 Å². The molecule has 2 heterocycles. The van der Waals surface area contributed by atoms with E-state index < -0.39 is 5.92 Å². The first-order valence-electron chi connectivity index (χ1n) is 6.11. The van der Waals surface area contributed by atoms with Gasteiger partial charge in [-0.1, -0.05) is 0 Å². The van der Waals surface area contributed by atoms with Gasteiger partial charge in [0.1, 0.15) is 0 Å². The minimum atomic E-state index is -2.87. The Morgan fingerprint density at radius 2 is 2.17 bits per heavy atom. The molecule has 1 aromatic carbocycles. The van der Waals surface area contributed by atoms with Crippen LogP contribution in [-0.2, 0) is 5.92 Å². The minimum absolute atomic E-state index is 0.0181. The topological polar surface area (TPSA) is 30.5 Å². The molecule has 1 fully saturated rings. The number of hydrogen-bond acceptors (Lipinski definition) is 3. The standard InChI is InChI=1S/C13H15F2NO2/c1-13(14,15)8-5-9(10-3-2-4-16-10)12-11(6-8)17-7-18-12/h5-6,10,16H,2-4,7H2,1H3. The summed E-state index contributed by atoms with van der Waals surface area (Å²) >= 11 is 0. The molecule has 1 unspecified atom stereocenters. The van der Waals surface area contributed by atoms with Crippen molar-refractivity contribution < 1.29 is 18.3 Å². The molecule has 1 saturated heterocycles. The molecule has 0 saturated carbocycles. The normalized spacial score (nSPS) is 22.5. The monoisotopic (exact) mass is 255 g/mol. The van der Waals surface area contributed by atoms with Gasteiger partial charge in [0.25, 0.3) is 5.92 Å². The van der Waals surface area contributed by atoms with Crippen LogP contribution in [0.4, 0.5) is 8.78 Å². The van der Waals surface area contributed by atoms with Gasteiger partial charge in [-0.3, -0.25) is 0 Å². The molecule has 0 aromatic heterocycles. The molecule has 1 N–H and O–H groups in total. The van der Waals surface area contributed by atoms with E-state index in [0.717, 1.165) is 31.9 Å². The molecule has 1 atom stereocenters. The molecule has 5 heteroatoms. The Morgan fingerprint density at radius 1 is 1.33 bits per heavy atom. The van der Waals surface area contributed by atoms with Gasteiger partial charge >= 0.3 is 0 Å². The third-order valence-corrected chi connectivity index (χ3v) is 3.44. The second-order valence-corrected chi connectivity index (χ2v) is 4.84. The number of rotatable bonds is 2. The number of nitrogens with one attached hydrogen (secondary N) is 1. The van der Waals surface area contributed by atoms with Gasteiger partial charge in [-0.2, -0.15) is 0 Å². The van der Waals surface area contributed by atoms with Gasteiger partial charge in [0, 0.05) is 24.1 Å². The van der Waals surface area contributed by atoms with E-state index in [1.54, 1.807) is 0 Å². The molecule has 0 bridgehead atoms. The van der Waals surface area contributed by atoms with Crippen molar-refractivity contribution in [3.05, 3.63) is 23.3 Å². The Bertz CT molecular complexity index is 465. The summed E-state index contributed by atoms with van der Waals surface area (Å²) in [5.74, 6) is -1.82. The van der Waals surface area contributed by atoms with Crippen molar-refractivity contribution >= 4 is 0 Å². The molecule has 0 spiro atoms. The maximum atomic E-state index is 13.5. The van der Waals surface area contributed by atoms with Crippen molar-refractivity contribution in [2.75, 3.05) is 13.3 Å². The molecule has 0 radical (unpaired) electrons. The summed E-state index contributed by atoms with van der Waals surface area (Å²) in [6.45, 7) is 1.91. The van der Waals surface area contributed by atoms with Crippen LogP contribution in [0, 0.1) is 0 Å². The molecular formula is C13H15F2NO2. The minimum Gasteiger partial charge on any atom is -0.454 e. The third kappa shape index (κ3) is 1.92. The van der Waals surface area contributed by atoms with E-state index in [-0.39, 0.29) is 18.4 Å². The van der Waals surface area contributed by atoms with Crippen LogP contribution in [0.3, 0.4) is 0 Å². The Balaban J connectivity index is 2.08. The number of fused-ring (bicyclic) bond motifs is 1. The fourth-order valence-electron chi connectivity index (χ4n) is 2.50. The SMILES string of the molecule is CC(F)(F)c1cc2c(c(C3CCCN3)c1)OCO2. The Kier molecular flexibility index (Phi) is 2.66. The van der Waals surface area contributed by atoms with Gasteiger partial charge in [0.2, 0.25) is 6.79 Å². The lowest BCUT2D eigenvalue weighted by Crippen LogP contribution is -2.15. The predicted octanol–water partition coefficient (Wildman–Crippen LogP) is 2.95. The average Bonchev–Trinajstić information content (AvgIpc) is 2.97. The Hall–Kier alpha value is -1.36. The zero-order valence-electron chi connectivity index (χ0n) is 10.1. The zero-order chi connectivity index (χ0) is 12.8.